The number of carbonyl (C=O) groups is 2. The van der Waals surface area contributed by atoms with Crippen LogP contribution in [0.2, 0.25) is 0 Å². The number of rotatable bonds is 4. The maximum Gasteiger partial charge on any atom is 0.345 e. The number of benzene rings is 1. The maximum atomic E-state index is 14.0. The lowest BCUT2D eigenvalue weighted by atomic mass is 10.2. The molecule has 2 aromatic heterocycles. The Morgan fingerprint density at radius 1 is 1.04 bits per heavy atom. The molecule has 23 heavy (non-hydrogen) atoms. The van der Waals surface area contributed by atoms with Gasteiger partial charge in [-0.15, -0.1) is 11.3 Å². The van der Waals surface area contributed by atoms with E-state index in [4.69, 9.17) is 5.11 Å². The molecule has 8 heteroatoms. The van der Waals surface area contributed by atoms with Gasteiger partial charge < -0.3 is 5.11 Å². The van der Waals surface area contributed by atoms with Crippen LogP contribution in [-0.2, 0) is 0 Å². The van der Waals surface area contributed by atoms with Gasteiger partial charge in [0.1, 0.15) is 10.6 Å². The van der Waals surface area contributed by atoms with Crippen LogP contribution in [0.25, 0.3) is 11.3 Å². The zero-order valence-electron chi connectivity index (χ0n) is 11.4. The van der Waals surface area contributed by atoms with E-state index in [1.807, 2.05) is 6.07 Å². The van der Waals surface area contributed by atoms with Gasteiger partial charge in [0.05, 0.1) is 4.88 Å². The number of thiophene rings is 1. The summed E-state index contributed by atoms with van der Waals surface area (Å²) in [7, 11) is 0. The van der Waals surface area contributed by atoms with E-state index in [9.17, 15) is 14.0 Å². The molecule has 0 radical (unpaired) electrons. The molecule has 0 atom stereocenters. The molecule has 2 heterocycles. The Kier molecular flexibility index (Phi) is 4.18. The van der Waals surface area contributed by atoms with Gasteiger partial charge in [-0.3, -0.25) is 10.1 Å². The normalized spacial score (nSPS) is 10.5. The van der Waals surface area contributed by atoms with E-state index in [1.54, 1.807) is 24.3 Å². The number of nitrogens with zero attached hydrogens (tertiary/aromatic N) is 1. The molecule has 0 aliphatic rings. The van der Waals surface area contributed by atoms with Crippen molar-refractivity contribution >= 4 is 39.7 Å². The van der Waals surface area contributed by atoms with Gasteiger partial charge in [-0.1, -0.05) is 41.7 Å². The third-order valence-electron chi connectivity index (χ3n) is 2.89. The van der Waals surface area contributed by atoms with Crippen molar-refractivity contribution in [3.63, 3.8) is 0 Å². The summed E-state index contributed by atoms with van der Waals surface area (Å²) in [5.41, 5.74) is 0.786. The highest BCUT2D eigenvalue weighted by Gasteiger charge is 2.17. The Balaban J connectivity index is 1.80. The predicted molar refractivity (Wildman–Crippen MR) is 86.7 cm³/mol. The average Bonchev–Trinajstić information content (AvgIpc) is 3.15. The van der Waals surface area contributed by atoms with Crippen molar-refractivity contribution in [2.24, 2.45) is 0 Å². The van der Waals surface area contributed by atoms with Crippen molar-refractivity contribution in [1.29, 1.82) is 0 Å². The molecule has 0 bridgehead atoms. The first-order valence-electron chi connectivity index (χ1n) is 6.41. The first-order chi connectivity index (χ1) is 11.0. The summed E-state index contributed by atoms with van der Waals surface area (Å²) < 4.78 is 14.0. The minimum Gasteiger partial charge on any atom is -0.477 e. The van der Waals surface area contributed by atoms with Crippen molar-refractivity contribution in [1.82, 2.24) is 4.98 Å². The number of hydrogen-bond donors (Lipinski definition) is 2. The van der Waals surface area contributed by atoms with E-state index in [2.05, 4.69) is 10.3 Å². The SMILES string of the molecule is O=C(O)c1ccc(C(=O)Nc2nc(-c3ccccc3)c(F)s2)s1. The number of halogens is 1. The van der Waals surface area contributed by atoms with Crippen molar-refractivity contribution < 1.29 is 19.1 Å². The summed E-state index contributed by atoms with van der Waals surface area (Å²) in [6.07, 6.45) is 0. The molecule has 1 amide bonds. The van der Waals surface area contributed by atoms with Crippen LogP contribution < -0.4 is 5.32 Å². The Hall–Kier alpha value is -2.58. The Labute approximate surface area is 138 Å². The number of hydrogen-bond acceptors (Lipinski definition) is 5. The quantitative estimate of drug-likeness (QED) is 0.748. The molecule has 0 saturated carbocycles. The zero-order chi connectivity index (χ0) is 16.4. The highest BCUT2D eigenvalue weighted by atomic mass is 32.1. The third kappa shape index (κ3) is 3.27. The molecule has 0 fully saturated rings. The van der Waals surface area contributed by atoms with Crippen molar-refractivity contribution in [2.75, 3.05) is 5.32 Å². The number of carbonyl (C=O) groups excluding carboxylic acids is 1. The van der Waals surface area contributed by atoms with Gasteiger partial charge in [0.2, 0.25) is 5.13 Å². The van der Waals surface area contributed by atoms with E-state index < -0.39 is 17.0 Å². The summed E-state index contributed by atoms with van der Waals surface area (Å²) >= 11 is 1.57. The van der Waals surface area contributed by atoms with E-state index >= 15 is 0 Å². The fraction of sp³-hybridized carbons (Fsp3) is 0. The highest BCUT2D eigenvalue weighted by molar-refractivity contribution is 7.16. The molecule has 0 aliphatic carbocycles. The minimum absolute atomic E-state index is 0.0606. The van der Waals surface area contributed by atoms with Gasteiger partial charge in [-0.05, 0) is 12.1 Å². The monoisotopic (exact) mass is 348 g/mol. The summed E-state index contributed by atoms with van der Waals surface area (Å²) in [6.45, 7) is 0. The fourth-order valence-corrected chi connectivity index (χ4v) is 3.31. The second-order valence-corrected chi connectivity index (χ2v) is 6.46. The van der Waals surface area contributed by atoms with E-state index in [0.29, 0.717) is 5.56 Å². The topological polar surface area (TPSA) is 79.3 Å². The van der Waals surface area contributed by atoms with Gasteiger partial charge in [0.25, 0.3) is 5.91 Å². The number of nitrogens with one attached hydrogen (secondary N) is 1. The van der Waals surface area contributed by atoms with Gasteiger partial charge in [0.15, 0.2) is 5.13 Å². The average molecular weight is 348 g/mol. The largest absolute Gasteiger partial charge is 0.477 e. The molecule has 3 aromatic rings. The van der Waals surface area contributed by atoms with Gasteiger partial charge in [-0.2, -0.15) is 4.39 Å². The zero-order valence-corrected chi connectivity index (χ0v) is 13.1. The summed E-state index contributed by atoms with van der Waals surface area (Å²) in [5, 5.41) is 11.0. The van der Waals surface area contributed by atoms with Crippen molar-refractivity contribution in [2.45, 2.75) is 0 Å². The number of thiazole rings is 1. The van der Waals surface area contributed by atoms with Crippen molar-refractivity contribution in [3.8, 4) is 11.3 Å². The molecule has 0 aliphatic heterocycles. The van der Waals surface area contributed by atoms with Gasteiger partial charge in [-0.25, -0.2) is 9.78 Å². The number of carboxylic acid groups (broad SMARTS) is 1. The number of amides is 1. The lowest BCUT2D eigenvalue weighted by molar-refractivity contribution is 0.0702. The predicted octanol–water partition coefficient (Wildman–Crippen LogP) is 3.96. The molecular formula is C15H9FN2O3S2. The number of anilines is 1. The number of aromatic nitrogens is 1. The van der Waals surface area contributed by atoms with Crippen LogP contribution in [0, 0.1) is 5.13 Å². The summed E-state index contributed by atoms with van der Waals surface area (Å²) in [5.74, 6) is -1.61. The first-order valence-corrected chi connectivity index (χ1v) is 8.04. The lowest BCUT2D eigenvalue weighted by Gasteiger charge is -1.98. The second-order valence-electron chi connectivity index (χ2n) is 4.43. The van der Waals surface area contributed by atoms with Crippen molar-refractivity contribution in [3.05, 3.63) is 57.3 Å². The Morgan fingerprint density at radius 2 is 1.74 bits per heavy atom. The molecule has 0 spiro atoms. The van der Waals surface area contributed by atoms with Crippen LogP contribution in [0.15, 0.2) is 42.5 Å². The van der Waals surface area contributed by atoms with E-state index in [-0.39, 0.29) is 20.6 Å². The molecule has 0 unspecified atom stereocenters. The lowest BCUT2D eigenvalue weighted by Crippen LogP contribution is -2.09. The second kappa shape index (κ2) is 6.27. The molecule has 5 nitrogen and oxygen atoms in total. The number of carboxylic acids is 1. The van der Waals surface area contributed by atoms with Crippen LogP contribution in [-0.4, -0.2) is 22.0 Å². The van der Waals surface area contributed by atoms with E-state index in [0.717, 1.165) is 22.7 Å². The Morgan fingerprint density at radius 3 is 2.39 bits per heavy atom. The van der Waals surface area contributed by atoms with Crippen LogP contribution in [0.5, 0.6) is 0 Å². The number of aromatic carboxylic acids is 1. The van der Waals surface area contributed by atoms with Crippen LogP contribution in [0.3, 0.4) is 0 Å². The Bertz CT molecular complexity index is 874. The maximum absolute atomic E-state index is 14.0. The van der Waals surface area contributed by atoms with Crippen LogP contribution in [0.1, 0.15) is 19.3 Å². The third-order valence-corrected chi connectivity index (χ3v) is 4.73. The molecule has 2 N–H and O–H groups in total. The molecular weight excluding hydrogens is 339 g/mol. The van der Waals surface area contributed by atoms with Crippen LogP contribution >= 0.6 is 22.7 Å². The standard InChI is InChI=1S/C15H9FN2O3S2/c16-12-11(8-4-2-1-3-5-8)17-15(23-12)18-13(19)9-6-7-10(22-9)14(20)21/h1-7H,(H,20,21)(H,17,18,19). The van der Waals surface area contributed by atoms with Crippen LogP contribution in [0.4, 0.5) is 9.52 Å². The summed E-state index contributed by atoms with van der Waals surface area (Å²) in [6, 6.07) is 11.6. The van der Waals surface area contributed by atoms with Gasteiger partial charge >= 0.3 is 5.97 Å². The smallest absolute Gasteiger partial charge is 0.345 e. The molecule has 1 aromatic carbocycles. The van der Waals surface area contributed by atoms with E-state index in [1.165, 1.54) is 12.1 Å². The fourth-order valence-electron chi connectivity index (χ4n) is 1.86. The molecule has 3 rings (SSSR count). The minimum atomic E-state index is -1.10. The van der Waals surface area contributed by atoms with Gasteiger partial charge in [0, 0.05) is 5.56 Å². The molecule has 116 valence electrons. The highest BCUT2D eigenvalue weighted by Crippen LogP contribution is 2.30. The molecule has 0 saturated heterocycles. The summed E-state index contributed by atoms with van der Waals surface area (Å²) in [4.78, 5) is 27.2. The first kappa shape index (κ1) is 15.3.